The molecule has 1 aliphatic heterocycles. The van der Waals surface area contributed by atoms with Crippen molar-refractivity contribution in [2.45, 2.75) is 24.3 Å². The Morgan fingerprint density at radius 1 is 1.08 bits per heavy atom. The minimum Gasteiger partial charge on any atom is -0.489 e. The third-order valence-electron chi connectivity index (χ3n) is 4.14. The van der Waals surface area contributed by atoms with Gasteiger partial charge >= 0.3 is 0 Å². The van der Waals surface area contributed by atoms with Gasteiger partial charge in [-0.3, -0.25) is 4.79 Å². The molecule has 0 aliphatic carbocycles. The molecule has 0 spiro atoms. The number of ether oxygens (including phenoxy) is 1. The molecule has 2 aromatic rings. The standard InChI is InChI=1S/C18H20N2O4S/c19-18(21)17-11-16(24-15-9-5-2-6-10-15)12-20(17)25(22,23)13-14-7-3-1-4-8-14/h1-10,16-17H,11-13H2,(H2,19,21)/t16-,17-/m0/s1. The number of rotatable bonds is 6. The molecule has 2 aromatic carbocycles. The summed E-state index contributed by atoms with van der Waals surface area (Å²) in [6.45, 7) is 0.109. The Bertz CT molecular complexity index is 825. The van der Waals surface area contributed by atoms with Crippen molar-refractivity contribution in [1.29, 1.82) is 0 Å². The molecule has 1 saturated heterocycles. The Labute approximate surface area is 147 Å². The number of primary amides is 1. The number of hydrogen-bond acceptors (Lipinski definition) is 4. The first-order valence-corrected chi connectivity index (χ1v) is 9.61. The Morgan fingerprint density at radius 2 is 1.68 bits per heavy atom. The minimum absolute atomic E-state index is 0.109. The predicted molar refractivity (Wildman–Crippen MR) is 94.2 cm³/mol. The molecule has 7 heteroatoms. The summed E-state index contributed by atoms with van der Waals surface area (Å²) in [7, 11) is -3.68. The number of carbonyl (C=O) groups is 1. The monoisotopic (exact) mass is 360 g/mol. The summed E-state index contributed by atoms with van der Waals surface area (Å²) < 4.78 is 32.5. The predicted octanol–water partition coefficient (Wildman–Crippen LogP) is 1.52. The van der Waals surface area contributed by atoms with E-state index in [1.54, 1.807) is 36.4 Å². The molecule has 6 nitrogen and oxygen atoms in total. The van der Waals surface area contributed by atoms with Gasteiger partial charge in [-0.2, -0.15) is 4.31 Å². The molecular formula is C18H20N2O4S. The smallest absolute Gasteiger partial charge is 0.236 e. The molecule has 1 amide bonds. The molecule has 3 rings (SSSR count). The van der Waals surface area contributed by atoms with Crippen LogP contribution in [0.4, 0.5) is 0 Å². The number of sulfonamides is 1. The van der Waals surface area contributed by atoms with Crippen molar-refractivity contribution in [2.24, 2.45) is 5.73 Å². The summed E-state index contributed by atoms with van der Waals surface area (Å²) in [6.07, 6.45) is -0.163. The lowest BCUT2D eigenvalue weighted by atomic mass is 10.2. The van der Waals surface area contributed by atoms with Crippen molar-refractivity contribution >= 4 is 15.9 Å². The van der Waals surface area contributed by atoms with E-state index in [4.69, 9.17) is 10.5 Å². The lowest BCUT2D eigenvalue weighted by molar-refractivity contribution is -0.121. The van der Waals surface area contributed by atoms with E-state index in [1.807, 2.05) is 24.3 Å². The van der Waals surface area contributed by atoms with Gasteiger partial charge in [0, 0.05) is 6.42 Å². The van der Waals surface area contributed by atoms with Crippen LogP contribution in [0, 0.1) is 0 Å². The second kappa shape index (κ2) is 7.25. The topological polar surface area (TPSA) is 89.7 Å². The van der Waals surface area contributed by atoms with E-state index in [0.29, 0.717) is 11.3 Å². The maximum atomic E-state index is 12.8. The molecule has 25 heavy (non-hydrogen) atoms. The van der Waals surface area contributed by atoms with Crippen LogP contribution in [0.15, 0.2) is 60.7 Å². The first-order valence-electron chi connectivity index (χ1n) is 8.00. The van der Waals surface area contributed by atoms with Crippen molar-refractivity contribution in [1.82, 2.24) is 4.31 Å². The minimum atomic E-state index is -3.68. The number of benzene rings is 2. The molecule has 1 aliphatic rings. The van der Waals surface area contributed by atoms with Crippen LogP contribution < -0.4 is 10.5 Å². The zero-order valence-corrected chi connectivity index (χ0v) is 14.4. The van der Waals surface area contributed by atoms with E-state index < -0.39 is 28.1 Å². The van der Waals surface area contributed by atoms with E-state index in [0.717, 1.165) is 0 Å². The van der Waals surface area contributed by atoms with Gasteiger partial charge in [0.15, 0.2) is 0 Å². The summed E-state index contributed by atoms with van der Waals surface area (Å²) in [5.74, 6) is -0.191. The summed E-state index contributed by atoms with van der Waals surface area (Å²) in [5, 5.41) is 0. The molecular weight excluding hydrogens is 340 g/mol. The van der Waals surface area contributed by atoms with Crippen LogP contribution in [0.2, 0.25) is 0 Å². The fourth-order valence-electron chi connectivity index (χ4n) is 2.98. The zero-order chi connectivity index (χ0) is 17.9. The molecule has 1 heterocycles. The third kappa shape index (κ3) is 4.18. The molecule has 1 fully saturated rings. The second-order valence-electron chi connectivity index (χ2n) is 6.02. The molecule has 132 valence electrons. The third-order valence-corrected chi connectivity index (χ3v) is 5.96. The molecule has 2 N–H and O–H groups in total. The first-order chi connectivity index (χ1) is 12.0. The van der Waals surface area contributed by atoms with E-state index in [1.165, 1.54) is 4.31 Å². The largest absolute Gasteiger partial charge is 0.489 e. The van der Waals surface area contributed by atoms with Crippen LogP contribution in [0.5, 0.6) is 5.75 Å². The van der Waals surface area contributed by atoms with Crippen molar-refractivity contribution in [3.63, 3.8) is 0 Å². The highest BCUT2D eigenvalue weighted by Gasteiger charge is 2.43. The quantitative estimate of drug-likeness (QED) is 0.846. The van der Waals surface area contributed by atoms with E-state index in [2.05, 4.69) is 0 Å². The van der Waals surface area contributed by atoms with Gasteiger partial charge in [0.25, 0.3) is 0 Å². The number of amides is 1. The van der Waals surface area contributed by atoms with Crippen molar-refractivity contribution in [3.05, 3.63) is 66.2 Å². The summed E-state index contributed by atoms with van der Waals surface area (Å²) in [5.41, 5.74) is 6.10. The number of nitrogens with zero attached hydrogens (tertiary/aromatic N) is 1. The number of para-hydroxylation sites is 1. The first kappa shape index (κ1) is 17.4. The summed E-state index contributed by atoms with van der Waals surface area (Å²) >= 11 is 0. The fourth-order valence-corrected chi connectivity index (χ4v) is 4.73. The van der Waals surface area contributed by atoms with Crippen LogP contribution in [-0.4, -0.2) is 37.3 Å². The molecule has 0 saturated carbocycles. The Kier molecular flexibility index (Phi) is 5.06. The molecule has 0 unspecified atom stereocenters. The van der Waals surface area contributed by atoms with Gasteiger partial charge in [-0.1, -0.05) is 48.5 Å². The van der Waals surface area contributed by atoms with Crippen LogP contribution in [0.1, 0.15) is 12.0 Å². The van der Waals surface area contributed by atoms with Crippen LogP contribution in [0.3, 0.4) is 0 Å². The van der Waals surface area contributed by atoms with Crippen molar-refractivity contribution in [3.8, 4) is 5.75 Å². The van der Waals surface area contributed by atoms with E-state index in [9.17, 15) is 13.2 Å². The van der Waals surface area contributed by atoms with Gasteiger partial charge in [0.05, 0.1) is 12.3 Å². The summed E-state index contributed by atoms with van der Waals surface area (Å²) in [6, 6.07) is 17.1. The molecule has 0 bridgehead atoms. The average Bonchev–Trinajstić information content (AvgIpc) is 3.01. The summed E-state index contributed by atoms with van der Waals surface area (Å²) in [4.78, 5) is 11.8. The van der Waals surface area contributed by atoms with Crippen LogP contribution >= 0.6 is 0 Å². The highest BCUT2D eigenvalue weighted by Crippen LogP contribution is 2.27. The van der Waals surface area contributed by atoms with Gasteiger partial charge in [0.2, 0.25) is 15.9 Å². The van der Waals surface area contributed by atoms with Gasteiger partial charge < -0.3 is 10.5 Å². The molecule has 2 atom stereocenters. The molecule has 0 aromatic heterocycles. The maximum Gasteiger partial charge on any atom is 0.236 e. The van der Waals surface area contributed by atoms with Gasteiger partial charge in [-0.25, -0.2) is 8.42 Å². The zero-order valence-electron chi connectivity index (χ0n) is 13.6. The second-order valence-corrected chi connectivity index (χ2v) is 7.94. The average molecular weight is 360 g/mol. The highest BCUT2D eigenvalue weighted by molar-refractivity contribution is 7.88. The number of nitrogens with two attached hydrogens (primary N) is 1. The van der Waals surface area contributed by atoms with Crippen molar-refractivity contribution in [2.75, 3.05) is 6.54 Å². The van der Waals surface area contributed by atoms with E-state index in [-0.39, 0.29) is 18.7 Å². The fraction of sp³-hybridized carbons (Fsp3) is 0.278. The van der Waals surface area contributed by atoms with Gasteiger partial charge in [0.1, 0.15) is 17.9 Å². The van der Waals surface area contributed by atoms with Gasteiger partial charge in [-0.05, 0) is 17.7 Å². The lowest BCUT2D eigenvalue weighted by Crippen LogP contribution is -2.44. The Balaban J connectivity index is 1.77. The number of hydrogen-bond donors (Lipinski definition) is 1. The van der Waals surface area contributed by atoms with Crippen molar-refractivity contribution < 1.29 is 17.9 Å². The van der Waals surface area contributed by atoms with Gasteiger partial charge in [-0.15, -0.1) is 0 Å². The van der Waals surface area contributed by atoms with Crippen LogP contribution in [0.25, 0.3) is 0 Å². The highest BCUT2D eigenvalue weighted by atomic mass is 32.2. The SMILES string of the molecule is NC(=O)[C@@H]1C[C@H](Oc2ccccc2)CN1S(=O)(=O)Cc1ccccc1. The lowest BCUT2D eigenvalue weighted by Gasteiger charge is -2.21. The molecule has 0 radical (unpaired) electrons. The maximum absolute atomic E-state index is 12.8. The number of carbonyl (C=O) groups excluding carboxylic acids is 1. The normalized spacial score (nSPS) is 21.1. The van der Waals surface area contributed by atoms with E-state index >= 15 is 0 Å². The Morgan fingerprint density at radius 3 is 2.28 bits per heavy atom. The Hall–Kier alpha value is -2.38. The van der Waals surface area contributed by atoms with Crippen LogP contribution in [-0.2, 0) is 20.6 Å².